The van der Waals surface area contributed by atoms with Gasteiger partial charge >= 0.3 is 11.9 Å². The number of nitrogens with zero attached hydrogens (tertiary/aromatic N) is 1. The number of furan rings is 1. The largest absolute Gasteiger partial charge is 0.460 e. The Kier molecular flexibility index (Phi) is 6.72. The van der Waals surface area contributed by atoms with Crippen molar-refractivity contribution < 1.29 is 32.7 Å². The summed E-state index contributed by atoms with van der Waals surface area (Å²) in [5, 5.41) is 0.671. The molecular weight excluding hydrogens is 429 g/mol. The molecule has 33 heavy (non-hydrogen) atoms. The molecule has 3 aromatic rings. The molecule has 1 aliphatic heterocycles. The van der Waals surface area contributed by atoms with Crippen LogP contribution < -0.4 is 0 Å². The molecule has 0 N–H and O–H groups in total. The van der Waals surface area contributed by atoms with Crippen molar-refractivity contribution in [3.63, 3.8) is 0 Å². The predicted octanol–water partition coefficient (Wildman–Crippen LogP) is 4.34. The Hall–Kier alpha value is -3.68. The van der Waals surface area contributed by atoms with E-state index < -0.39 is 23.7 Å². The van der Waals surface area contributed by atoms with Gasteiger partial charge in [-0.1, -0.05) is 18.2 Å². The molecule has 7 nitrogen and oxygen atoms in total. The lowest BCUT2D eigenvalue weighted by Gasteiger charge is -2.31. The van der Waals surface area contributed by atoms with E-state index in [-0.39, 0.29) is 31.4 Å². The minimum absolute atomic E-state index is 0.0163. The van der Waals surface area contributed by atoms with E-state index in [9.17, 15) is 18.8 Å². The lowest BCUT2D eigenvalue weighted by atomic mass is 9.97. The zero-order valence-electron chi connectivity index (χ0n) is 18.2. The summed E-state index contributed by atoms with van der Waals surface area (Å²) < 4.78 is 29.4. The fourth-order valence-corrected chi connectivity index (χ4v) is 3.99. The van der Waals surface area contributed by atoms with Gasteiger partial charge in [-0.05, 0) is 50.1 Å². The number of fused-ring (bicyclic) bond motifs is 1. The Morgan fingerprint density at radius 3 is 2.61 bits per heavy atom. The summed E-state index contributed by atoms with van der Waals surface area (Å²) in [6.07, 6.45) is 1.23. The zero-order chi connectivity index (χ0) is 23.4. The molecule has 172 valence electrons. The molecule has 2 aromatic carbocycles. The van der Waals surface area contributed by atoms with Gasteiger partial charge in [-0.2, -0.15) is 0 Å². The van der Waals surface area contributed by atoms with Crippen LogP contribution in [0.4, 0.5) is 4.39 Å². The number of rotatable bonds is 6. The molecule has 0 unspecified atom stereocenters. The Morgan fingerprint density at radius 2 is 1.85 bits per heavy atom. The van der Waals surface area contributed by atoms with Gasteiger partial charge in [0.15, 0.2) is 0 Å². The Morgan fingerprint density at radius 1 is 1.09 bits per heavy atom. The first-order valence-electron chi connectivity index (χ1n) is 10.9. The first-order chi connectivity index (χ1) is 16.0. The van der Waals surface area contributed by atoms with E-state index in [1.165, 1.54) is 24.3 Å². The van der Waals surface area contributed by atoms with E-state index in [0.717, 1.165) is 0 Å². The summed E-state index contributed by atoms with van der Waals surface area (Å²) in [4.78, 5) is 39.5. The SMILES string of the molecule is CCOC(=O)c1oc2ccccc2c1COC(=O)[C@H]1CCCN(C(=O)c2ccc(F)cc2)C1. The number of carbonyl (C=O) groups is 3. The molecule has 8 heteroatoms. The molecule has 1 saturated heterocycles. The number of carbonyl (C=O) groups excluding carboxylic acids is 3. The highest BCUT2D eigenvalue weighted by atomic mass is 19.1. The molecule has 1 amide bonds. The number of benzene rings is 2. The smallest absolute Gasteiger partial charge is 0.374 e. The number of ether oxygens (including phenoxy) is 2. The van der Waals surface area contributed by atoms with E-state index in [1.54, 1.807) is 36.1 Å². The van der Waals surface area contributed by atoms with Crippen LogP contribution in [-0.2, 0) is 20.9 Å². The van der Waals surface area contributed by atoms with Gasteiger partial charge in [-0.15, -0.1) is 0 Å². The van der Waals surface area contributed by atoms with Crippen LogP contribution in [0.5, 0.6) is 0 Å². The van der Waals surface area contributed by atoms with Crippen molar-refractivity contribution in [2.45, 2.75) is 26.4 Å². The number of halogens is 1. The maximum Gasteiger partial charge on any atom is 0.374 e. The highest BCUT2D eigenvalue weighted by molar-refractivity contribution is 5.96. The third-order valence-electron chi connectivity index (χ3n) is 5.65. The van der Waals surface area contributed by atoms with Crippen LogP contribution in [0.15, 0.2) is 52.9 Å². The minimum Gasteiger partial charge on any atom is -0.460 e. The summed E-state index contributed by atoms with van der Waals surface area (Å²) in [6.45, 7) is 2.47. The van der Waals surface area contributed by atoms with E-state index in [0.29, 0.717) is 41.5 Å². The van der Waals surface area contributed by atoms with Crippen molar-refractivity contribution in [1.29, 1.82) is 0 Å². The molecule has 0 saturated carbocycles. The molecule has 1 atom stereocenters. The van der Waals surface area contributed by atoms with Crippen LogP contribution in [0.1, 0.15) is 46.2 Å². The Labute approximate surface area is 190 Å². The van der Waals surface area contributed by atoms with Crippen molar-refractivity contribution in [3.8, 4) is 0 Å². The average molecular weight is 453 g/mol. The summed E-state index contributed by atoms with van der Waals surface area (Å²) in [5.74, 6) is -2.21. The van der Waals surface area contributed by atoms with E-state index in [2.05, 4.69) is 0 Å². The molecule has 0 bridgehead atoms. The van der Waals surface area contributed by atoms with E-state index >= 15 is 0 Å². The Bertz CT molecular complexity index is 1170. The minimum atomic E-state index is -0.617. The zero-order valence-corrected chi connectivity index (χ0v) is 18.2. The fraction of sp³-hybridized carbons (Fsp3) is 0.320. The first-order valence-corrected chi connectivity index (χ1v) is 10.9. The molecule has 0 radical (unpaired) electrons. The van der Waals surface area contributed by atoms with Gasteiger partial charge in [0.2, 0.25) is 5.76 Å². The molecule has 0 aliphatic carbocycles. The fourth-order valence-electron chi connectivity index (χ4n) is 3.99. The van der Waals surface area contributed by atoms with Crippen LogP contribution in [-0.4, -0.2) is 42.4 Å². The Balaban J connectivity index is 1.45. The summed E-state index contributed by atoms with van der Waals surface area (Å²) in [5.41, 5.74) is 1.32. The van der Waals surface area contributed by atoms with Crippen molar-refractivity contribution >= 4 is 28.8 Å². The van der Waals surface area contributed by atoms with Crippen LogP contribution in [0, 0.1) is 11.7 Å². The van der Waals surface area contributed by atoms with E-state index in [4.69, 9.17) is 13.9 Å². The third kappa shape index (κ3) is 4.89. The highest BCUT2D eigenvalue weighted by Crippen LogP contribution is 2.28. The molecule has 1 aliphatic rings. The molecule has 0 spiro atoms. The third-order valence-corrected chi connectivity index (χ3v) is 5.65. The second kappa shape index (κ2) is 9.85. The van der Waals surface area contributed by atoms with Crippen molar-refractivity contribution in [2.24, 2.45) is 5.92 Å². The number of amides is 1. The van der Waals surface area contributed by atoms with Crippen molar-refractivity contribution in [3.05, 3.63) is 71.2 Å². The second-order valence-electron chi connectivity index (χ2n) is 7.83. The maximum atomic E-state index is 13.2. The number of hydrogen-bond acceptors (Lipinski definition) is 6. The number of esters is 2. The van der Waals surface area contributed by atoms with Gasteiger partial charge in [0.05, 0.1) is 18.1 Å². The molecule has 2 heterocycles. The average Bonchev–Trinajstić information content (AvgIpc) is 3.21. The lowest BCUT2D eigenvalue weighted by Crippen LogP contribution is -2.42. The van der Waals surface area contributed by atoms with Crippen LogP contribution in [0.25, 0.3) is 11.0 Å². The van der Waals surface area contributed by atoms with Crippen LogP contribution >= 0.6 is 0 Å². The molecule has 1 aromatic heterocycles. The van der Waals surface area contributed by atoms with Gasteiger partial charge in [0.25, 0.3) is 5.91 Å². The summed E-state index contributed by atoms with van der Waals surface area (Å²) in [7, 11) is 0. The van der Waals surface area contributed by atoms with Gasteiger partial charge in [-0.3, -0.25) is 9.59 Å². The molecule has 4 rings (SSSR count). The van der Waals surface area contributed by atoms with Crippen molar-refractivity contribution in [2.75, 3.05) is 19.7 Å². The van der Waals surface area contributed by atoms with Gasteiger partial charge in [-0.25, -0.2) is 9.18 Å². The molecular formula is C25H24FNO6. The predicted molar refractivity (Wildman–Crippen MR) is 117 cm³/mol. The normalized spacial score (nSPS) is 15.9. The summed E-state index contributed by atoms with van der Waals surface area (Å²) in [6, 6.07) is 12.4. The maximum absolute atomic E-state index is 13.2. The monoisotopic (exact) mass is 453 g/mol. The summed E-state index contributed by atoms with van der Waals surface area (Å²) >= 11 is 0. The first kappa shape index (κ1) is 22.5. The number of piperidine rings is 1. The van der Waals surface area contributed by atoms with Gasteiger partial charge in [0.1, 0.15) is 18.0 Å². The lowest BCUT2D eigenvalue weighted by molar-refractivity contribution is -0.151. The van der Waals surface area contributed by atoms with Crippen LogP contribution in [0.2, 0.25) is 0 Å². The van der Waals surface area contributed by atoms with Gasteiger partial charge in [0, 0.05) is 24.0 Å². The second-order valence-corrected chi connectivity index (χ2v) is 7.83. The van der Waals surface area contributed by atoms with E-state index in [1.807, 2.05) is 0 Å². The van der Waals surface area contributed by atoms with Crippen molar-refractivity contribution in [1.82, 2.24) is 4.90 Å². The number of likely N-dealkylation sites (tertiary alicyclic amines) is 1. The number of hydrogen-bond donors (Lipinski definition) is 0. The standard InChI is InChI=1S/C25H24FNO6/c1-2-31-25(30)22-20(19-7-3-4-8-21(19)33-22)15-32-24(29)17-6-5-13-27(14-17)23(28)16-9-11-18(26)12-10-16/h3-4,7-12,17H,2,5-6,13-15H2,1H3/t17-/m0/s1. The topological polar surface area (TPSA) is 86.1 Å². The quantitative estimate of drug-likeness (QED) is 0.516. The highest BCUT2D eigenvalue weighted by Gasteiger charge is 2.31. The van der Waals surface area contributed by atoms with Gasteiger partial charge < -0.3 is 18.8 Å². The molecule has 1 fully saturated rings. The number of para-hydroxylation sites is 1. The van der Waals surface area contributed by atoms with Crippen LogP contribution in [0.3, 0.4) is 0 Å².